The largest absolute Gasteiger partial charge is 0.454 e. The van der Waals surface area contributed by atoms with Gasteiger partial charge in [-0.3, -0.25) is 10.1 Å². The molecule has 8 heteroatoms. The number of halogens is 1. The number of amides is 3. The van der Waals surface area contributed by atoms with Crippen LogP contribution in [0.4, 0.5) is 10.5 Å². The van der Waals surface area contributed by atoms with Crippen LogP contribution in [0, 0.1) is 0 Å². The van der Waals surface area contributed by atoms with E-state index in [2.05, 4.69) is 16.0 Å². The van der Waals surface area contributed by atoms with E-state index >= 15 is 0 Å². The van der Waals surface area contributed by atoms with Gasteiger partial charge in [0.1, 0.15) is 0 Å². The number of urea groups is 1. The van der Waals surface area contributed by atoms with Crippen LogP contribution in [0.2, 0.25) is 5.02 Å². The molecular formula is C18H18ClN3O4. The summed E-state index contributed by atoms with van der Waals surface area (Å²) >= 11 is 5.96. The molecule has 1 atom stereocenters. The molecule has 0 saturated heterocycles. The molecule has 2 aromatic carbocycles. The third-order valence-electron chi connectivity index (χ3n) is 3.80. The molecule has 7 nitrogen and oxygen atoms in total. The van der Waals surface area contributed by atoms with Crippen LogP contribution < -0.4 is 25.4 Å². The molecule has 0 aromatic heterocycles. The molecule has 3 amide bonds. The molecule has 1 aliphatic rings. The molecule has 26 heavy (non-hydrogen) atoms. The Labute approximate surface area is 155 Å². The fourth-order valence-electron chi connectivity index (χ4n) is 2.45. The van der Waals surface area contributed by atoms with Crippen molar-refractivity contribution >= 4 is 29.2 Å². The molecule has 0 saturated carbocycles. The van der Waals surface area contributed by atoms with E-state index in [4.69, 9.17) is 21.1 Å². The molecule has 1 heterocycles. The van der Waals surface area contributed by atoms with Crippen molar-refractivity contribution in [1.82, 2.24) is 10.6 Å². The van der Waals surface area contributed by atoms with Gasteiger partial charge in [0, 0.05) is 22.8 Å². The molecule has 1 unspecified atom stereocenters. The van der Waals surface area contributed by atoms with E-state index in [0.29, 0.717) is 22.2 Å². The third kappa shape index (κ3) is 4.65. The van der Waals surface area contributed by atoms with E-state index in [1.54, 1.807) is 24.3 Å². The summed E-state index contributed by atoms with van der Waals surface area (Å²) in [5, 5.41) is 8.51. The number of rotatable bonds is 5. The number of ether oxygens (including phenoxy) is 2. The molecule has 0 fully saturated rings. The van der Waals surface area contributed by atoms with Gasteiger partial charge < -0.3 is 20.1 Å². The van der Waals surface area contributed by atoms with Gasteiger partial charge in [-0.25, -0.2) is 4.79 Å². The summed E-state index contributed by atoms with van der Waals surface area (Å²) < 4.78 is 10.4. The molecule has 1 aliphatic heterocycles. The number of nitrogens with one attached hydrogen (secondary N) is 3. The van der Waals surface area contributed by atoms with Crippen LogP contribution in [0.15, 0.2) is 42.5 Å². The molecule has 0 radical (unpaired) electrons. The van der Waals surface area contributed by atoms with E-state index in [0.717, 1.165) is 5.56 Å². The first-order valence-corrected chi connectivity index (χ1v) is 8.38. The van der Waals surface area contributed by atoms with Crippen molar-refractivity contribution in [2.45, 2.75) is 13.0 Å². The van der Waals surface area contributed by atoms with Crippen LogP contribution in [0.25, 0.3) is 0 Å². The van der Waals surface area contributed by atoms with Crippen molar-refractivity contribution in [1.29, 1.82) is 0 Å². The zero-order valence-corrected chi connectivity index (χ0v) is 14.8. The van der Waals surface area contributed by atoms with Gasteiger partial charge in [-0.15, -0.1) is 0 Å². The van der Waals surface area contributed by atoms with Crippen molar-refractivity contribution in [2.75, 3.05) is 18.7 Å². The lowest BCUT2D eigenvalue weighted by atomic mass is 10.1. The molecule has 3 N–H and O–H groups in total. The standard InChI is InChI=1S/C18H18ClN3O4/c1-11(12-3-2-4-13(19)7-12)20-9-17(23)22-18(24)21-14-5-6-15-16(8-14)26-10-25-15/h2-8,11,20H,9-10H2,1H3,(H2,21,22,23,24). The predicted molar refractivity (Wildman–Crippen MR) is 97.6 cm³/mol. The maximum Gasteiger partial charge on any atom is 0.325 e. The monoisotopic (exact) mass is 375 g/mol. The smallest absolute Gasteiger partial charge is 0.325 e. The Morgan fingerprint density at radius 3 is 2.77 bits per heavy atom. The quantitative estimate of drug-likeness (QED) is 0.747. The molecule has 0 bridgehead atoms. The lowest BCUT2D eigenvalue weighted by Gasteiger charge is -2.14. The van der Waals surface area contributed by atoms with Crippen LogP contribution in [0.1, 0.15) is 18.5 Å². The highest BCUT2D eigenvalue weighted by Crippen LogP contribution is 2.34. The van der Waals surface area contributed by atoms with E-state index in [-0.39, 0.29) is 19.4 Å². The average molecular weight is 376 g/mol. The first-order chi connectivity index (χ1) is 12.5. The van der Waals surface area contributed by atoms with Gasteiger partial charge in [0.15, 0.2) is 11.5 Å². The van der Waals surface area contributed by atoms with Crippen LogP contribution in [-0.4, -0.2) is 25.3 Å². The van der Waals surface area contributed by atoms with E-state index in [1.165, 1.54) is 0 Å². The fraction of sp³-hybridized carbons (Fsp3) is 0.222. The summed E-state index contributed by atoms with van der Waals surface area (Å²) in [6.45, 7) is 2.05. The second kappa shape index (κ2) is 8.07. The summed E-state index contributed by atoms with van der Waals surface area (Å²) in [5.41, 5.74) is 1.45. The number of hydrogen-bond donors (Lipinski definition) is 3. The third-order valence-corrected chi connectivity index (χ3v) is 4.04. The van der Waals surface area contributed by atoms with E-state index in [1.807, 2.05) is 25.1 Å². The lowest BCUT2D eigenvalue weighted by Crippen LogP contribution is -2.40. The second-order valence-electron chi connectivity index (χ2n) is 5.73. The van der Waals surface area contributed by atoms with Crippen molar-refractivity contribution in [3.63, 3.8) is 0 Å². The molecular weight excluding hydrogens is 358 g/mol. The number of imide groups is 1. The number of carbonyl (C=O) groups excluding carboxylic acids is 2. The molecule has 0 spiro atoms. The van der Waals surface area contributed by atoms with Crippen LogP contribution in [-0.2, 0) is 4.79 Å². The average Bonchev–Trinajstić information content (AvgIpc) is 3.07. The van der Waals surface area contributed by atoms with E-state index in [9.17, 15) is 9.59 Å². The van der Waals surface area contributed by atoms with Crippen molar-refractivity contribution in [3.8, 4) is 11.5 Å². The maximum atomic E-state index is 11.9. The topological polar surface area (TPSA) is 88.7 Å². The summed E-state index contributed by atoms with van der Waals surface area (Å²) in [6, 6.07) is 11.6. The Morgan fingerprint density at radius 1 is 1.15 bits per heavy atom. The minimum absolute atomic E-state index is 0.0117. The Kier molecular flexibility index (Phi) is 5.60. The Bertz CT molecular complexity index is 828. The van der Waals surface area contributed by atoms with Crippen molar-refractivity contribution in [2.24, 2.45) is 0 Å². The Balaban J connectivity index is 1.46. The Hall–Kier alpha value is -2.77. The van der Waals surface area contributed by atoms with Gasteiger partial charge in [0.05, 0.1) is 6.54 Å². The van der Waals surface area contributed by atoms with Crippen LogP contribution in [0.5, 0.6) is 11.5 Å². The lowest BCUT2D eigenvalue weighted by molar-refractivity contribution is -0.119. The van der Waals surface area contributed by atoms with Gasteiger partial charge in [-0.05, 0) is 36.8 Å². The number of fused-ring (bicyclic) bond motifs is 1. The van der Waals surface area contributed by atoms with Crippen LogP contribution >= 0.6 is 11.6 Å². The minimum atomic E-state index is -0.619. The number of hydrogen-bond acceptors (Lipinski definition) is 5. The van der Waals surface area contributed by atoms with Gasteiger partial charge in [-0.2, -0.15) is 0 Å². The SMILES string of the molecule is CC(NCC(=O)NC(=O)Nc1ccc2c(c1)OCO2)c1cccc(Cl)c1. The maximum absolute atomic E-state index is 11.9. The number of carbonyl (C=O) groups is 2. The second-order valence-corrected chi connectivity index (χ2v) is 6.16. The first-order valence-electron chi connectivity index (χ1n) is 8.00. The molecule has 2 aromatic rings. The van der Waals surface area contributed by atoms with Crippen molar-refractivity contribution in [3.05, 3.63) is 53.1 Å². The van der Waals surface area contributed by atoms with Gasteiger partial charge in [-0.1, -0.05) is 23.7 Å². The Morgan fingerprint density at radius 2 is 1.96 bits per heavy atom. The first kappa shape index (κ1) is 18.0. The zero-order valence-electron chi connectivity index (χ0n) is 14.0. The van der Waals surface area contributed by atoms with Crippen molar-refractivity contribution < 1.29 is 19.1 Å². The highest BCUT2D eigenvalue weighted by atomic mass is 35.5. The highest BCUT2D eigenvalue weighted by Gasteiger charge is 2.15. The van der Waals surface area contributed by atoms with Gasteiger partial charge in [0.25, 0.3) is 0 Å². The van der Waals surface area contributed by atoms with Gasteiger partial charge in [0.2, 0.25) is 12.7 Å². The number of benzene rings is 2. The highest BCUT2D eigenvalue weighted by molar-refractivity contribution is 6.30. The minimum Gasteiger partial charge on any atom is -0.454 e. The zero-order chi connectivity index (χ0) is 18.5. The number of anilines is 1. The molecule has 0 aliphatic carbocycles. The summed E-state index contributed by atoms with van der Waals surface area (Å²) in [5.74, 6) is 0.717. The summed E-state index contributed by atoms with van der Waals surface area (Å²) in [4.78, 5) is 23.9. The fourth-order valence-corrected chi connectivity index (χ4v) is 2.65. The molecule has 136 valence electrons. The normalized spacial score (nSPS) is 13.2. The van der Waals surface area contributed by atoms with E-state index < -0.39 is 11.9 Å². The molecule has 3 rings (SSSR count). The van der Waals surface area contributed by atoms with Gasteiger partial charge >= 0.3 is 6.03 Å². The summed E-state index contributed by atoms with van der Waals surface area (Å²) in [6.07, 6.45) is 0. The van der Waals surface area contributed by atoms with Crippen LogP contribution in [0.3, 0.4) is 0 Å². The predicted octanol–water partition coefficient (Wildman–Crippen LogP) is 3.07. The summed E-state index contributed by atoms with van der Waals surface area (Å²) in [7, 11) is 0.